The smallest absolute Gasteiger partial charge is 0.178 e. The number of fused-ring (bicyclic) bond motifs is 5. The second-order valence-electron chi connectivity index (χ2n) is 10.9. The summed E-state index contributed by atoms with van der Waals surface area (Å²) in [5, 5.41) is 43.5. The number of halogens is 1. The van der Waals surface area contributed by atoms with Gasteiger partial charge in [-0.15, -0.1) is 0 Å². The number of allylic oxidation sites excluding steroid dienone is 4. The summed E-state index contributed by atoms with van der Waals surface area (Å²) in [5.41, 5.74) is -5.30. The summed E-state index contributed by atoms with van der Waals surface area (Å²) < 4.78 is 17.1. The van der Waals surface area contributed by atoms with Crippen LogP contribution in [0.5, 0.6) is 0 Å². The van der Waals surface area contributed by atoms with Gasteiger partial charge in [0, 0.05) is 17.8 Å². The molecule has 3 fully saturated rings. The van der Waals surface area contributed by atoms with Crippen LogP contribution >= 0.6 is 0 Å². The monoisotopic (exact) mass is 450 g/mol. The van der Waals surface area contributed by atoms with Crippen molar-refractivity contribution in [2.75, 3.05) is 6.61 Å². The van der Waals surface area contributed by atoms with Gasteiger partial charge in [0.05, 0.1) is 11.5 Å². The van der Waals surface area contributed by atoms with Gasteiger partial charge in [-0.3, -0.25) is 9.59 Å². The van der Waals surface area contributed by atoms with Crippen LogP contribution in [0.3, 0.4) is 0 Å². The first kappa shape index (κ1) is 23.7. The van der Waals surface area contributed by atoms with Crippen LogP contribution in [-0.2, 0) is 9.59 Å². The topological polar surface area (TPSA) is 115 Å². The van der Waals surface area contributed by atoms with Crippen molar-refractivity contribution in [1.82, 2.24) is 0 Å². The summed E-state index contributed by atoms with van der Waals surface area (Å²) in [5.74, 6) is -4.23. The second-order valence-corrected chi connectivity index (χ2v) is 10.9. The van der Waals surface area contributed by atoms with Gasteiger partial charge >= 0.3 is 0 Å². The van der Waals surface area contributed by atoms with E-state index in [0.717, 1.165) is 0 Å². The Labute approximate surface area is 188 Å². The van der Waals surface area contributed by atoms with Crippen molar-refractivity contribution in [1.29, 1.82) is 0 Å². The van der Waals surface area contributed by atoms with E-state index in [2.05, 4.69) is 0 Å². The van der Waals surface area contributed by atoms with Gasteiger partial charge in [-0.1, -0.05) is 31.9 Å². The van der Waals surface area contributed by atoms with E-state index >= 15 is 4.39 Å². The summed E-state index contributed by atoms with van der Waals surface area (Å²) in [7, 11) is 0. The maximum Gasteiger partial charge on any atom is 0.178 e. The molecule has 0 spiro atoms. The molecule has 0 bridgehead atoms. The Balaban J connectivity index is 1.85. The van der Waals surface area contributed by atoms with Crippen molar-refractivity contribution in [3.63, 3.8) is 0 Å². The molecule has 0 aromatic heterocycles. The molecule has 0 amide bonds. The lowest BCUT2D eigenvalue weighted by atomic mass is 9.42. The minimum absolute atomic E-state index is 0.0575. The summed E-state index contributed by atoms with van der Waals surface area (Å²) >= 11 is 0. The van der Waals surface area contributed by atoms with Crippen molar-refractivity contribution in [3.8, 4) is 0 Å². The number of ketones is 2. The molecule has 6 nitrogen and oxygen atoms in total. The highest BCUT2D eigenvalue weighted by Gasteiger charge is 2.77. The van der Waals surface area contributed by atoms with Crippen molar-refractivity contribution in [2.45, 2.75) is 83.3 Å². The van der Waals surface area contributed by atoms with Gasteiger partial charge in [-0.2, -0.15) is 0 Å². The second kappa shape index (κ2) is 7.29. The molecule has 7 atom stereocenters. The normalized spacial score (nSPS) is 45.7. The Morgan fingerprint density at radius 1 is 1.25 bits per heavy atom. The van der Waals surface area contributed by atoms with Gasteiger partial charge in [0.2, 0.25) is 0 Å². The number of aliphatic hydroxyl groups excluding tert-OH is 2. The van der Waals surface area contributed by atoms with E-state index in [-0.39, 0.29) is 31.0 Å². The van der Waals surface area contributed by atoms with E-state index < -0.39 is 52.1 Å². The molecule has 4 N–H and O–H groups in total. The number of carbonyl (C=O) groups excluding carboxylic acids is 2. The van der Waals surface area contributed by atoms with Crippen molar-refractivity contribution in [2.24, 2.45) is 28.1 Å². The Kier molecular flexibility index (Phi) is 5.41. The number of hydrogen-bond acceptors (Lipinski definition) is 6. The van der Waals surface area contributed by atoms with Crippen molar-refractivity contribution in [3.05, 3.63) is 23.8 Å². The highest BCUT2D eigenvalue weighted by atomic mass is 19.1. The number of rotatable bonds is 5. The summed E-state index contributed by atoms with van der Waals surface area (Å²) in [6, 6.07) is 0. The van der Waals surface area contributed by atoms with Crippen LogP contribution in [-0.4, -0.2) is 56.2 Å². The van der Waals surface area contributed by atoms with E-state index in [4.69, 9.17) is 0 Å². The maximum atomic E-state index is 17.1. The SMILES string of the molecule is CCCC(O)(O)[C@]1(C(=O)CO)CC[C@H]2[C@@H]3CCC4=CC(=O)C=C[C@]4(C)[C@@]3(F)C(O)C[C@@]21C. The molecule has 0 radical (unpaired) electrons. The molecule has 32 heavy (non-hydrogen) atoms. The first-order valence-electron chi connectivity index (χ1n) is 11.8. The molecule has 178 valence electrons. The largest absolute Gasteiger partial charge is 0.390 e. The van der Waals surface area contributed by atoms with Gasteiger partial charge < -0.3 is 20.4 Å². The highest BCUT2D eigenvalue weighted by Crippen LogP contribution is 2.73. The molecule has 0 saturated heterocycles. The minimum Gasteiger partial charge on any atom is -0.390 e. The Bertz CT molecular complexity index is 895. The maximum absolute atomic E-state index is 17.1. The van der Waals surface area contributed by atoms with Crippen molar-refractivity contribution >= 4 is 11.6 Å². The molecule has 3 saturated carbocycles. The number of Topliss-reactive ketones (excluding diaryl/α,β-unsaturated/α-hetero) is 1. The zero-order valence-corrected chi connectivity index (χ0v) is 19.1. The average Bonchev–Trinajstić information content (AvgIpc) is 3.03. The molecule has 0 heterocycles. The lowest BCUT2D eigenvalue weighted by Gasteiger charge is -2.64. The van der Waals surface area contributed by atoms with Gasteiger partial charge in [0.1, 0.15) is 6.61 Å². The molecule has 4 aliphatic carbocycles. The summed E-state index contributed by atoms with van der Waals surface area (Å²) in [4.78, 5) is 25.1. The molecule has 0 aromatic rings. The van der Waals surface area contributed by atoms with E-state index in [1.807, 2.05) is 0 Å². The van der Waals surface area contributed by atoms with E-state index in [0.29, 0.717) is 31.3 Å². The fraction of sp³-hybridized carbons (Fsp3) is 0.760. The molecular formula is C25H35FO6. The third kappa shape index (κ3) is 2.59. The molecule has 1 unspecified atom stereocenters. The predicted molar refractivity (Wildman–Crippen MR) is 115 cm³/mol. The van der Waals surface area contributed by atoms with Gasteiger partial charge in [-0.25, -0.2) is 4.39 Å². The van der Waals surface area contributed by atoms with Gasteiger partial charge in [-0.05, 0) is 62.5 Å². The first-order chi connectivity index (χ1) is 14.9. The van der Waals surface area contributed by atoms with E-state index in [1.165, 1.54) is 12.2 Å². The number of hydrogen-bond donors (Lipinski definition) is 4. The molecule has 4 aliphatic rings. The zero-order chi connectivity index (χ0) is 23.7. The van der Waals surface area contributed by atoms with Crippen LogP contribution in [0.1, 0.15) is 65.7 Å². The van der Waals surface area contributed by atoms with Crippen LogP contribution in [0.25, 0.3) is 0 Å². The van der Waals surface area contributed by atoms with Crippen LogP contribution < -0.4 is 0 Å². The van der Waals surface area contributed by atoms with E-state index in [1.54, 1.807) is 26.8 Å². The molecule has 4 rings (SSSR count). The number of carbonyl (C=O) groups is 2. The van der Waals surface area contributed by atoms with Crippen LogP contribution in [0.4, 0.5) is 4.39 Å². The lowest BCUT2D eigenvalue weighted by molar-refractivity contribution is -0.289. The standard InChI is InChI=1S/C25H35FO6/c1-4-9-24(31,32)23(20(30)14-27)11-8-17-18-6-5-15-12-16(28)7-10-21(15,2)25(18,26)19(29)13-22(17,23)3/h7,10,12,17-19,27,29,31-32H,4-6,8-9,11,13-14H2,1-3H3/t17-,18-,19?,21-,22-,23-,25-/m0/s1. The van der Waals surface area contributed by atoms with Crippen LogP contribution in [0.15, 0.2) is 23.8 Å². The zero-order valence-electron chi connectivity index (χ0n) is 19.1. The number of aliphatic hydroxyl groups is 4. The first-order valence-corrected chi connectivity index (χ1v) is 11.8. The molecule has 0 aliphatic heterocycles. The van der Waals surface area contributed by atoms with Gasteiger partial charge in [0.15, 0.2) is 23.0 Å². The predicted octanol–water partition coefficient (Wildman–Crippen LogP) is 2.39. The summed E-state index contributed by atoms with van der Waals surface area (Å²) in [6.45, 7) is 4.42. The fourth-order valence-corrected chi connectivity index (χ4v) is 8.27. The van der Waals surface area contributed by atoms with Gasteiger partial charge in [0.25, 0.3) is 0 Å². The summed E-state index contributed by atoms with van der Waals surface area (Å²) in [6.07, 6.45) is 4.58. The third-order valence-electron chi connectivity index (χ3n) is 9.74. The van der Waals surface area contributed by atoms with Crippen LogP contribution in [0, 0.1) is 28.1 Å². The van der Waals surface area contributed by atoms with Crippen LogP contribution in [0.2, 0.25) is 0 Å². The minimum atomic E-state index is -2.37. The Morgan fingerprint density at radius 2 is 1.94 bits per heavy atom. The molecule has 7 heteroatoms. The Hall–Kier alpha value is -1.41. The quantitative estimate of drug-likeness (QED) is 0.478. The van der Waals surface area contributed by atoms with Crippen molar-refractivity contribution < 1.29 is 34.4 Å². The lowest BCUT2D eigenvalue weighted by Crippen LogP contribution is -2.70. The molecular weight excluding hydrogens is 415 g/mol. The average molecular weight is 451 g/mol. The molecule has 0 aromatic carbocycles. The fourth-order valence-electron chi connectivity index (χ4n) is 8.27. The Morgan fingerprint density at radius 3 is 2.56 bits per heavy atom. The highest BCUT2D eigenvalue weighted by molar-refractivity contribution is 6.01. The third-order valence-corrected chi connectivity index (χ3v) is 9.74. The van der Waals surface area contributed by atoms with E-state index in [9.17, 15) is 30.0 Å². The number of alkyl halides is 1.